The van der Waals surface area contributed by atoms with Gasteiger partial charge in [0.15, 0.2) is 0 Å². The maximum atomic E-state index is 11.4. The van der Waals surface area contributed by atoms with Gasteiger partial charge in [0.05, 0.1) is 6.04 Å². The lowest BCUT2D eigenvalue weighted by Crippen LogP contribution is -2.54. The molecule has 1 amide bonds. The Morgan fingerprint density at radius 3 is 2.77 bits per heavy atom. The molecule has 1 fully saturated rings. The van der Waals surface area contributed by atoms with E-state index in [2.05, 4.69) is 12.2 Å². The van der Waals surface area contributed by atoms with Crippen LogP contribution in [0.1, 0.15) is 13.8 Å². The second-order valence-corrected chi connectivity index (χ2v) is 3.43. The van der Waals surface area contributed by atoms with Crippen molar-refractivity contribution < 1.29 is 4.79 Å². The van der Waals surface area contributed by atoms with E-state index in [0.717, 1.165) is 19.6 Å². The number of carbonyl (C=O) groups excluding carboxylic acids is 1. The maximum absolute atomic E-state index is 11.4. The predicted molar refractivity (Wildman–Crippen MR) is 54.9 cm³/mol. The van der Waals surface area contributed by atoms with Gasteiger partial charge >= 0.3 is 0 Å². The summed E-state index contributed by atoms with van der Waals surface area (Å²) in [7, 11) is 0. The quantitative estimate of drug-likeness (QED) is 0.614. The highest BCUT2D eigenvalue weighted by Gasteiger charge is 2.22. The molecule has 1 aliphatic rings. The van der Waals surface area contributed by atoms with Crippen LogP contribution in [0.2, 0.25) is 0 Å². The second kappa shape index (κ2) is 5.42. The molecule has 4 nitrogen and oxygen atoms in total. The van der Waals surface area contributed by atoms with Gasteiger partial charge in [0.2, 0.25) is 5.91 Å². The summed E-state index contributed by atoms with van der Waals surface area (Å²) in [6, 6.07) is 0.0248. The molecule has 0 aromatic rings. The van der Waals surface area contributed by atoms with Crippen molar-refractivity contribution in [3.8, 4) is 0 Å². The molecule has 0 aliphatic carbocycles. The van der Waals surface area contributed by atoms with Gasteiger partial charge in [-0.1, -0.05) is 0 Å². The first-order valence-corrected chi connectivity index (χ1v) is 4.39. The zero-order chi connectivity index (χ0) is 9.14. The third-order valence-corrected chi connectivity index (χ3v) is 2.07. The Labute approximate surface area is 85.3 Å². The monoisotopic (exact) mass is 207 g/mol. The molecule has 0 aromatic heterocycles. The van der Waals surface area contributed by atoms with Gasteiger partial charge in [0, 0.05) is 25.7 Å². The lowest BCUT2D eigenvalue weighted by Gasteiger charge is -2.32. The van der Waals surface area contributed by atoms with E-state index in [1.165, 1.54) is 0 Å². The highest BCUT2D eigenvalue weighted by molar-refractivity contribution is 5.85. The summed E-state index contributed by atoms with van der Waals surface area (Å²) in [4.78, 5) is 13.2. The molecule has 3 N–H and O–H groups in total. The van der Waals surface area contributed by atoms with Crippen LogP contribution in [0.15, 0.2) is 0 Å². The van der Waals surface area contributed by atoms with Crippen molar-refractivity contribution >= 4 is 18.3 Å². The summed E-state index contributed by atoms with van der Waals surface area (Å²) < 4.78 is 0. The Morgan fingerprint density at radius 1 is 1.69 bits per heavy atom. The molecule has 5 heteroatoms. The normalized spacial score (nSPS) is 24.8. The van der Waals surface area contributed by atoms with Crippen molar-refractivity contribution in [1.82, 2.24) is 10.2 Å². The fraction of sp³-hybridized carbons (Fsp3) is 0.875. The minimum absolute atomic E-state index is 0. The molecule has 78 valence electrons. The number of carbonyl (C=O) groups is 1. The van der Waals surface area contributed by atoms with Gasteiger partial charge in [0.1, 0.15) is 0 Å². The number of nitrogens with two attached hydrogens (primary N) is 1. The number of hydrogen-bond acceptors (Lipinski definition) is 3. The summed E-state index contributed by atoms with van der Waals surface area (Å²) in [6.07, 6.45) is 0. The van der Waals surface area contributed by atoms with Crippen molar-refractivity contribution in [2.45, 2.75) is 25.9 Å². The first kappa shape index (κ1) is 12.7. The van der Waals surface area contributed by atoms with E-state index in [9.17, 15) is 4.79 Å². The van der Waals surface area contributed by atoms with E-state index in [1.54, 1.807) is 6.92 Å². The molecule has 1 heterocycles. The standard InChI is InChI=1S/C8H17N3O.ClH/c1-6-5-11(4-3-10-6)8(12)7(2)9;/h6-7,10H,3-5,9H2,1-2H3;1H/t6-,7-;/m0./s1. The molecule has 0 spiro atoms. The molecule has 2 atom stereocenters. The first-order chi connectivity index (χ1) is 5.61. The Balaban J connectivity index is 0.00000144. The molecule has 0 radical (unpaired) electrons. The molecule has 0 aromatic carbocycles. The van der Waals surface area contributed by atoms with E-state index < -0.39 is 0 Å². The van der Waals surface area contributed by atoms with Crippen molar-refractivity contribution in [2.24, 2.45) is 5.73 Å². The van der Waals surface area contributed by atoms with Gasteiger partial charge in [-0.2, -0.15) is 0 Å². The topological polar surface area (TPSA) is 58.4 Å². The van der Waals surface area contributed by atoms with Crippen LogP contribution in [0.5, 0.6) is 0 Å². The molecule has 0 saturated carbocycles. The molecule has 1 rings (SSSR count). The zero-order valence-corrected chi connectivity index (χ0v) is 8.93. The van der Waals surface area contributed by atoms with Gasteiger partial charge in [-0.15, -0.1) is 12.4 Å². The van der Waals surface area contributed by atoms with Crippen molar-refractivity contribution in [1.29, 1.82) is 0 Å². The van der Waals surface area contributed by atoms with Crippen LogP contribution in [0, 0.1) is 0 Å². The molecular formula is C8H18ClN3O. The lowest BCUT2D eigenvalue weighted by molar-refractivity contribution is -0.133. The SMILES string of the molecule is C[C@H](N)C(=O)N1CCN[C@@H](C)C1.Cl. The summed E-state index contributed by atoms with van der Waals surface area (Å²) >= 11 is 0. The Morgan fingerprint density at radius 2 is 2.31 bits per heavy atom. The van der Waals surface area contributed by atoms with Gasteiger partial charge in [0.25, 0.3) is 0 Å². The van der Waals surface area contributed by atoms with Crippen molar-refractivity contribution in [3.05, 3.63) is 0 Å². The Kier molecular flexibility index (Phi) is 5.29. The molecule has 13 heavy (non-hydrogen) atoms. The second-order valence-electron chi connectivity index (χ2n) is 3.43. The van der Waals surface area contributed by atoms with Gasteiger partial charge in [-0.05, 0) is 13.8 Å². The highest BCUT2D eigenvalue weighted by atomic mass is 35.5. The van der Waals surface area contributed by atoms with Crippen LogP contribution in [0.25, 0.3) is 0 Å². The number of nitrogens with one attached hydrogen (secondary N) is 1. The lowest BCUT2D eigenvalue weighted by atomic mass is 10.2. The third-order valence-electron chi connectivity index (χ3n) is 2.07. The first-order valence-electron chi connectivity index (χ1n) is 4.39. The van der Waals surface area contributed by atoms with E-state index in [1.807, 2.05) is 4.90 Å². The Hall–Kier alpha value is -0.320. The molecule has 0 bridgehead atoms. The van der Waals surface area contributed by atoms with E-state index in [0.29, 0.717) is 6.04 Å². The number of hydrogen-bond donors (Lipinski definition) is 2. The largest absolute Gasteiger partial charge is 0.339 e. The van der Waals surface area contributed by atoms with Crippen LogP contribution in [-0.4, -0.2) is 42.5 Å². The third kappa shape index (κ3) is 3.50. The van der Waals surface area contributed by atoms with Crippen LogP contribution >= 0.6 is 12.4 Å². The number of piperazine rings is 1. The minimum Gasteiger partial charge on any atom is -0.339 e. The Bertz CT molecular complexity index is 175. The smallest absolute Gasteiger partial charge is 0.239 e. The molecule has 0 unspecified atom stereocenters. The van der Waals surface area contributed by atoms with E-state index >= 15 is 0 Å². The number of halogens is 1. The zero-order valence-electron chi connectivity index (χ0n) is 8.12. The number of rotatable bonds is 1. The van der Waals surface area contributed by atoms with Crippen molar-refractivity contribution in [2.75, 3.05) is 19.6 Å². The van der Waals surface area contributed by atoms with Gasteiger partial charge < -0.3 is 16.0 Å². The van der Waals surface area contributed by atoms with E-state index in [-0.39, 0.29) is 24.4 Å². The maximum Gasteiger partial charge on any atom is 0.239 e. The average molecular weight is 208 g/mol. The molecule has 1 aliphatic heterocycles. The highest BCUT2D eigenvalue weighted by Crippen LogP contribution is 2.00. The van der Waals surface area contributed by atoms with Gasteiger partial charge in [-0.25, -0.2) is 0 Å². The predicted octanol–water partition coefficient (Wildman–Crippen LogP) is -0.424. The summed E-state index contributed by atoms with van der Waals surface area (Å²) in [5.41, 5.74) is 5.50. The summed E-state index contributed by atoms with van der Waals surface area (Å²) in [5.74, 6) is 0.0587. The fourth-order valence-electron chi connectivity index (χ4n) is 1.42. The molecule has 1 saturated heterocycles. The molecular weight excluding hydrogens is 190 g/mol. The number of nitrogens with zero attached hydrogens (tertiary/aromatic N) is 1. The summed E-state index contributed by atoms with van der Waals surface area (Å²) in [5, 5.41) is 3.27. The van der Waals surface area contributed by atoms with Crippen LogP contribution in [0.4, 0.5) is 0 Å². The number of amides is 1. The van der Waals surface area contributed by atoms with Crippen molar-refractivity contribution in [3.63, 3.8) is 0 Å². The average Bonchev–Trinajstić information content (AvgIpc) is 2.03. The van der Waals surface area contributed by atoms with Crippen LogP contribution in [-0.2, 0) is 4.79 Å². The van der Waals surface area contributed by atoms with E-state index in [4.69, 9.17) is 5.73 Å². The summed E-state index contributed by atoms with van der Waals surface area (Å²) in [6.45, 7) is 6.24. The minimum atomic E-state index is -0.365. The van der Waals surface area contributed by atoms with Crippen LogP contribution in [0.3, 0.4) is 0 Å². The van der Waals surface area contributed by atoms with Gasteiger partial charge in [-0.3, -0.25) is 4.79 Å². The van der Waals surface area contributed by atoms with Crippen LogP contribution < -0.4 is 11.1 Å². The fourth-order valence-corrected chi connectivity index (χ4v) is 1.42.